The highest BCUT2D eigenvalue weighted by molar-refractivity contribution is 7.90. The molecule has 2 rings (SSSR count). The number of aliphatic hydroxyl groups excluding tert-OH is 1. The lowest BCUT2D eigenvalue weighted by molar-refractivity contribution is 0.350. The van der Waals surface area contributed by atoms with Crippen LogP contribution < -0.4 is 4.72 Å². The zero-order chi connectivity index (χ0) is 15.1. The van der Waals surface area contributed by atoms with Gasteiger partial charge in [0.1, 0.15) is 6.61 Å². The fourth-order valence-corrected chi connectivity index (χ4v) is 4.14. The molecule has 1 fully saturated rings. The summed E-state index contributed by atoms with van der Waals surface area (Å²) in [5, 5.41) is 8.44. The van der Waals surface area contributed by atoms with E-state index in [1.54, 1.807) is 0 Å². The zero-order valence-corrected chi connectivity index (χ0v) is 12.8. The van der Waals surface area contributed by atoms with Crippen LogP contribution in [0.1, 0.15) is 43.2 Å². The fraction of sp³-hybridized carbons (Fsp3) is 0.500. The van der Waals surface area contributed by atoms with Crippen molar-refractivity contribution < 1.29 is 13.5 Å². The minimum atomic E-state index is -3.24. The molecule has 1 aliphatic carbocycles. The predicted octanol–water partition coefficient (Wildman–Crippen LogP) is 1.78. The van der Waals surface area contributed by atoms with Crippen LogP contribution >= 0.6 is 0 Å². The van der Waals surface area contributed by atoms with E-state index in [2.05, 4.69) is 16.6 Å². The molecule has 0 radical (unpaired) electrons. The number of nitrogens with one attached hydrogen (secondary N) is 1. The summed E-state index contributed by atoms with van der Waals surface area (Å²) in [6.07, 6.45) is 4.65. The summed E-state index contributed by atoms with van der Waals surface area (Å²) < 4.78 is 27.2. The maximum absolute atomic E-state index is 12.2. The van der Waals surface area contributed by atoms with Crippen LogP contribution in [-0.4, -0.2) is 25.4 Å². The quantitative estimate of drug-likeness (QED) is 0.833. The first kappa shape index (κ1) is 16.0. The monoisotopic (exact) mass is 307 g/mol. The maximum atomic E-state index is 12.2. The van der Waals surface area contributed by atoms with Crippen LogP contribution in [0.25, 0.3) is 0 Å². The molecule has 0 aromatic heterocycles. The number of hydrogen-bond acceptors (Lipinski definition) is 3. The van der Waals surface area contributed by atoms with Gasteiger partial charge in [-0.2, -0.15) is 0 Å². The first-order valence-electron chi connectivity index (χ1n) is 7.29. The van der Waals surface area contributed by atoms with Crippen molar-refractivity contribution >= 4 is 10.0 Å². The second-order valence-electron chi connectivity index (χ2n) is 5.29. The molecular weight excluding hydrogens is 286 g/mol. The van der Waals surface area contributed by atoms with E-state index in [-0.39, 0.29) is 18.4 Å². The standard InChI is InChI=1S/C16H21NO3S/c18-11-5-8-14-6-4-7-15(12-14)13-17-21(19,20)16-9-2-1-3-10-16/h4,6-7,12,16-18H,1-3,9-11,13H2. The van der Waals surface area contributed by atoms with Crippen molar-refractivity contribution in [2.45, 2.75) is 43.9 Å². The number of rotatable bonds is 4. The Morgan fingerprint density at radius 2 is 2.00 bits per heavy atom. The van der Waals surface area contributed by atoms with Crippen molar-refractivity contribution in [3.05, 3.63) is 35.4 Å². The van der Waals surface area contributed by atoms with E-state index in [1.807, 2.05) is 24.3 Å². The Morgan fingerprint density at radius 1 is 1.24 bits per heavy atom. The Hall–Kier alpha value is -1.35. The molecule has 0 atom stereocenters. The summed E-state index contributed by atoms with van der Waals surface area (Å²) >= 11 is 0. The Labute approximate surface area is 126 Å². The van der Waals surface area contributed by atoms with E-state index in [9.17, 15) is 8.42 Å². The third-order valence-electron chi connectivity index (χ3n) is 3.71. The van der Waals surface area contributed by atoms with Crippen LogP contribution in [0.15, 0.2) is 24.3 Å². The Bertz CT molecular complexity index is 622. The lowest BCUT2D eigenvalue weighted by atomic mass is 10.0. The maximum Gasteiger partial charge on any atom is 0.214 e. The van der Waals surface area contributed by atoms with E-state index in [0.29, 0.717) is 0 Å². The summed E-state index contributed by atoms with van der Waals surface area (Å²) in [6, 6.07) is 7.38. The molecule has 0 saturated heterocycles. The average molecular weight is 307 g/mol. The van der Waals surface area contributed by atoms with Gasteiger partial charge in [-0.15, -0.1) is 0 Å². The third-order valence-corrected chi connectivity index (χ3v) is 5.60. The van der Waals surface area contributed by atoms with E-state index >= 15 is 0 Å². The second-order valence-corrected chi connectivity index (χ2v) is 7.33. The van der Waals surface area contributed by atoms with Crippen molar-refractivity contribution in [2.75, 3.05) is 6.61 Å². The molecule has 4 nitrogen and oxygen atoms in total. The lowest BCUT2D eigenvalue weighted by Crippen LogP contribution is -2.35. The molecule has 1 aliphatic rings. The molecule has 1 aromatic rings. The number of benzene rings is 1. The van der Waals surface area contributed by atoms with Crippen molar-refractivity contribution in [1.82, 2.24) is 4.72 Å². The normalized spacial score (nSPS) is 16.2. The van der Waals surface area contributed by atoms with Crippen LogP contribution in [0.3, 0.4) is 0 Å². The van der Waals surface area contributed by atoms with Crippen LogP contribution in [0.4, 0.5) is 0 Å². The Morgan fingerprint density at radius 3 is 2.71 bits per heavy atom. The highest BCUT2D eigenvalue weighted by Gasteiger charge is 2.26. The van der Waals surface area contributed by atoms with Crippen molar-refractivity contribution in [3.8, 4) is 11.8 Å². The molecule has 114 valence electrons. The average Bonchev–Trinajstić information content (AvgIpc) is 2.52. The Kier molecular flexibility index (Phi) is 5.80. The predicted molar refractivity (Wildman–Crippen MR) is 83.0 cm³/mol. The van der Waals surface area contributed by atoms with Crippen molar-refractivity contribution in [3.63, 3.8) is 0 Å². The van der Waals surface area contributed by atoms with Gasteiger partial charge in [0, 0.05) is 12.1 Å². The van der Waals surface area contributed by atoms with Crippen LogP contribution in [0.2, 0.25) is 0 Å². The number of sulfonamides is 1. The summed E-state index contributed by atoms with van der Waals surface area (Å²) in [5.41, 5.74) is 1.65. The van der Waals surface area contributed by atoms with Gasteiger partial charge in [0.25, 0.3) is 0 Å². The molecule has 0 unspecified atom stereocenters. The molecule has 0 heterocycles. The van der Waals surface area contributed by atoms with Gasteiger partial charge in [-0.1, -0.05) is 43.2 Å². The molecule has 0 amide bonds. The summed E-state index contributed by atoms with van der Waals surface area (Å²) in [5.74, 6) is 5.40. The van der Waals surface area contributed by atoms with Crippen molar-refractivity contribution in [2.24, 2.45) is 0 Å². The first-order valence-corrected chi connectivity index (χ1v) is 8.83. The van der Waals surface area contributed by atoms with Crippen LogP contribution in [0.5, 0.6) is 0 Å². The van der Waals surface area contributed by atoms with Gasteiger partial charge < -0.3 is 5.11 Å². The molecule has 1 aromatic carbocycles. The SMILES string of the molecule is O=S(=O)(NCc1cccc(C#CCO)c1)C1CCCCC1. The first-order chi connectivity index (χ1) is 10.1. The van der Waals surface area contributed by atoms with Gasteiger partial charge in [-0.25, -0.2) is 13.1 Å². The molecule has 0 spiro atoms. The zero-order valence-electron chi connectivity index (χ0n) is 12.0. The summed E-state index contributed by atoms with van der Waals surface area (Å²) in [6.45, 7) is 0.103. The molecule has 0 aliphatic heterocycles. The van der Waals surface area contributed by atoms with Gasteiger partial charge in [0.2, 0.25) is 10.0 Å². The summed E-state index contributed by atoms with van der Waals surface area (Å²) in [7, 11) is -3.24. The second kappa shape index (κ2) is 7.60. The van der Waals surface area contributed by atoms with Gasteiger partial charge >= 0.3 is 0 Å². The molecule has 0 bridgehead atoms. The van der Waals surface area contributed by atoms with Gasteiger partial charge in [0.15, 0.2) is 0 Å². The van der Waals surface area contributed by atoms with Gasteiger partial charge in [-0.3, -0.25) is 0 Å². The number of aliphatic hydroxyl groups is 1. The molecule has 21 heavy (non-hydrogen) atoms. The highest BCUT2D eigenvalue weighted by Crippen LogP contribution is 2.23. The molecule has 5 heteroatoms. The minimum absolute atomic E-state index is 0.182. The topological polar surface area (TPSA) is 66.4 Å². The minimum Gasteiger partial charge on any atom is -0.384 e. The molecule has 1 saturated carbocycles. The number of hydrogen-bond donors (Lipinski definition) is 2. The van der Waals surface area contributed by atoms with E-state index in [0.717, 1.165) is 43.2 Å². The largest absolute Gasteiger partial charge is 0.384 e. The van der Waals surface area contributed by atoms with E-state index in [4.69, 9.17) is 5.11 Å². The van der Waals surface area contributed by atoms with Gasteiger partial charge in [-0.05, 0) is 30.5 Å². The molecule has 2 N–H and O–H groups in total. The van der Waals surface area contributed by atoms with E-state index in [1.165, 1.54) is 0 Å². The lowest BCUT2D eigenvalue weighted by Gasteiger charge is -2.22. The molecular formula is C16H21NO3S. The van der Waals surface area contributed by atoms with E-state index < -0.39 is 10.0 Å². The Balaban J connectivity index is 1.98. The van der Waals surface area contributed by atoms with Crippen LogP contribution in [-0.2, 0) is 16.6 Å². The smallest absolute Gasteiger partial charge is 0.214 e. The highest BCUT2D eigenvalue weighted by atomic mass is 32.2. The van der Waals surface area contributed by atoms with Gasteiger partial charge in [0.05, 0.1) is 5.25 Å². The van der Waals surface area contributed by atoms with Crippen molar-refractivity contribution in [1.29, 1.82) is 0 Å². The summed E-state index contributed by atoms with van der Waals surface area (Å²) in [4.78, 5) is 0. The fourth-order valence-electron chi connectivity index (χ4n) is 2.58. The van der Waals surface area contributed by atoms with Crippen LogP contribution in [0, 0.1) is 11.8 Å². The third kappa shape index (κ3) is 4.85.